The fourth-order valence-electron chi connectivity index (χ4n) is 2.80. The van der Waals surface area contributed by atoms with Gasteiger partial charge in [-0.15, -0.1) is 0 Å². The van der Waals surface area contributed by atoms with Crippen molar-refractivity contribution >= 4 is 42.6 Å². The van der Waals surface area contributed by atoms with Crippen LogP contribution in [0.25, 0.3) is 22.0 Å². The summed E-state index contributed by atoms with van der Waals surface area (Å²) < 4.78 is 7.96. The van der Waals surface area contributed by atoms with Crippen LogP contribution in [-0.2, 0) is 6.61 Å². The van der Waals surface area contributed by atoms with Gasteiger partial charge in [0.15, 0.2) is 0 Å². The van der Waals surface area contributed by atoms with E-state index < -0.39 is 0 Å². The number of benzene rings is 3. The van der Waals surface area contributed by atoms with Crippen molar-refractivity contribution < 1.29 is 4.74 Å². The molecule has 0 amide bonds. The summed E-state index contributed by atoms with van der Waals surface area (Å²) in [6, 6.07) is 22.5. The Labute approximate surface area is 162 Å². The smallest absolute Gasteiger partial charge is 0.137 e. The molecule has 0 bridgehead atoms. The van der Waals surface area contributed by atoms with Gasteiger partial charge in [0.1, 0.15) is 22.7 Å². The van der Waals surface area contributed by atoms with E-state index in [9.17, 15) is 0 Å². The van der Waals surface area contributed by atoms with E-state index in [1.807, 2.05) is 30.3 Å². The number of halogens is 2. The number of ether oxygens (including phenoxy) is 1. The van der Waals surface area contributed by atoms with Gasteiger partial charge in [-0.3, -0.25) is 5.10 Å². The molecule has 4 aromatic rings. The first-order valence-electron chi connectivity index (χ1n) is 7.82. The quantitative estimate of drug-likeness (QED) is 0.388. The number of aromatic nitrogens is 2. The first-order chi connectivity index (χ1) is 12.2. The van der Waals surface area contributed by atoms with Crippen LogP contribution in [0, 0.1) is 0 Å². The molecule has 0 aliphatic rings. The summed E-state index contributed by atoms with van der Waals surface area (Å²) >= 11 is 7.04. The van der Waals surface area contributed by atoms with E-state index in [-0.39, 0.29) is 0 Å². The van der Waals surface area contributed by atoms with Crippen LogP contribution in [0.2, 0.25) is 0 Å². The lowest BCUT2D eigenvalue weighted by molar-refractivity contribution is 0.311. The first kappa shape index (κ1) is 16.4. The molecule has 0 fully saturated rings. The van der Waals surface area contributed by atoms with Crippen LogP contribution < -0.4 is 4.74 Å². The topological polar surface area (TPSA) is 37.9 Å². The van der Waals surface area contributed by atoms with Crippen molar-refractivity contribution in [3.63, 3.8) is 0 Å². The zero-order valence-corrected chi connectivity index (χ0v) is 16.3. The lowest BCUT2D eigenvalue weighted by Crippen LogP contribution is -1.98. The van der Waals surface area contributed by atoms with Gasteiger partial charge in [-0.2, -0.15) is 5.10 Å². The van der Waals surface area contributed by atoms with Crippen molar-refractivity contribution in [1.29, 1.82) is 0 Å². The molecule has 0 aliphatic heterocycles. The van der Waals surface area contributed by atoms with E-state index in [0.29, 0.717) is 6.61 Å². The minimum absolute atomic E-state index is 0.505. The van der Waals surface area contributed by atoms with Crippen LogP contribution >= 0.6 is 31.9 Å². The number of fused-ring (bicyclic) bond motifs is 1. The molecule has 4 rings (SSSR count). The fourth-order valence-corrected chi connectivity index (χ4v) is 3.47. The summed E-state index contributed by atoms with van der Waals surface area (Å²) in [4.78, 5) is 0. The molecule has 0 saturated heterocycles. The summed E-state index contributed by atoms with van der Waals surface area (Å²) in [6.07, 6.45) is 0. The average molecular weight is 458 g/mol. The normalized spacial score (nSPS) is 11.0. The third-order valence-corrected chi connectivity index (χ3v) is 5.91. The zero-order chi connectivity index (χ0) is 17.2. The van der Waals surface area contributed by atoms with Gasteiger partial charge in [0.05, 0.1) is 4.47 Å². The molecule has 0 spiro atoms. The minimum Gasteiger partial charge on any atom is -0.488 e. The Hall–Kier alpha value is -2.11. The maximum atomic E-state index is 6.27. The summed E-state index contributed by atoms with van der Waals surface area (Å²) in [6.45, 7) is 0.505. The molecular formula is C20H14Br2N2O. The Kier molecular flexibility index (Phi) is 4.59. The molecular weight excluding hydrogens is 444 g/mol. The highest BCUT2D eigenvalue weighted by molar-refractivity contribution is 9.13. The lowest BCUT2D eigenvalue weighted by atomic mass is 10.0. The molecule has 3 nitrogen and oxygen atoms in total. The Morgan fingerprint density at radius 3 is 2.40 bits per heavy atom. The fraction of sp³-hybridized carbons (Fsp3) is 0.0500. The molecule has 25 heavy (non-hydrogen) atoms. The Balaban J connectivity index is 1.83. The lowest BCUT2D eigenvalue weighted by Gasteiger charge is -2.14. The van der Waals surface area contributed by atoms with Crippen LogP contribution in [0.1, 0.15) is 5.56 Å². The maximum Gasteiger partial charge on any atom is 0.137 e. The molecule has 1 heterocycles. The number of H-pyrrole nitrogens is 1. The number of rotatable bonds is 4. The molecule has 0 atom stereocenters. The third kappa shape index (κ3) is 3.22. The molecule has 0 radical (unpaired) electrons. The Morgan fingerprint density at radius 2 is 1.64 bits per heavy atom. The van der Waals surface area contributed by atoms with Crippen LogP contribution in [0.4, 0.5) is 0 Å². The summed E-state index contributed by atoms with van der Waals surface area (Å²) in [7, 11) is 0. The van der Waals surface area contributed by atoms with Gasteiger partial charge in [-0.05, 0) is 48.9 Å². The number of aromatic amines is 1. The predicted octanol–water partition coefficient (Wildman–Crippen LogP) is 6.33. The van der Waals surface area contributed by atoms with Crippen molar-refractivity contribution in [3.05, 3.63) is 81.4 Å². The van der Waals surface area contributed by atoms with Gasteiger partial charge in [-0.1, -0.05) is 60.7 Å². The molecule has 5 heteroatoms. The standard InChI is InChI=1S/C20H14Br2N2O/c21-17-18(23-24-20(17)22)16-11-10-14-8-4-5-9-15(14)19(16)25-12-13-6-2-1-3-7-13/h1-11H,12H2,(H,23,24). The number of hydrogen-bond donors (Lipinski definition) is 1. The van der Waals surface area contributed by atoms with Crippen molar-refractivity contribution in [2.45, 2.75) is 6.61 Å². The number of nitrogens with zero attached hydrogens (tertiary/aromatic N) is 1. The second-order valence-electron chi connectivity index (χ2n) is 5.64. The van der Waals surface area contributed by atoms with E-state index in [0.717, 1.165) is 42.4 Å². The summed E-state index contributed by atoms with van der Waals surface area (Å²) in [5.41, 5.74) is 2.90. The summed E-state index contributed by atoms with van der Waals surface area (Å²) in [5, 5.41) is 9.57. The Bertz CT molecular complexity index is 1030. The zero-order valence-electron chi connectivity index (χ0n) is 13.2. The van der Waals surface area contributed by atoms with Gasteiger partial charge in [-0.25, -0.2) is 0 Å². The van der Waals surface area contributed by atoms with E-state index >= 15 is 0 Å². The third-order valence-electron chi connectivity index (χ3n) is 4.03. The second-order valence-corrected chi connectivity index (χ2v) is 7.22. The van der Waals surface area contributed by atoms with E-state index in [1.54, 1.807) is 0 Å². The maximum absolute atomic E-state index is 6.27. The molecule has 0 aliphatic carbocycles. The predicted molar refractivity (Wildman–Crippen MR) is 108 cm³/mol. The molecule has 0 unspecified atom stereocenters. The molecule has 124 valence electrons. The minimum atomic E-state index is 0.505. The van der Waals surface area contributed by atoms with Crippen molar-refractivity contribution in [2.24, 2.45) is 0 Å². The highest BCUT2D eigenvalue weighted by Gasteiger charge is 2.17. The van der Waals surface area contributed by atoms with Gasteiger partial charge in [0.2, 0.25) is 0 Å². The number of hydrogen-bond acceptors (Lipinski definition) is 2. The highest BCUT2D eigenvalue weighted by atomic mass is 79.9. The van der Waals surface area contributed by atoms with Crippen LogP contribution in [0.3, 0.4) is 0 Å². The molecule has 1 aromatic heterocycles. The van der Waals surface area contributed by atoms with Crippen molar-refractivity contribution in [2.75, 3.05) is 0 Å². The van der Waals surface area contributed by atoms with Crippen molar-refractivity contribution in [1.82, 2.24) is 10.2 Å². The van der Waals surface area contributed by atoms with Gasteiger partial charge in [0.25, 0.3) is 0 Å². The molecule has 1 N–H and O–H groups in total. The Morgan fingerprint density at radius 1 is 0.880 bits per heavy atom. The first-order valence-corrected chi connectivity index (χ1v) is 9.41. The van der Waals surface area contributed by atoms with Crippen molar-refractivity contribution in [3.8, 4) is 17.0 Å². The van der Waals surface area contributed by atoms with E-state index in [2.05, 4.69) is 78.5 Å². The molecule has 0 saturated carbocycles. The van der Waals surface area contributed by atoms with Gasteiger partial charge >= 0.3 is 0 Å². The van der Waals surface area contributed by atoms with E-state index in [1.165, 1.54) is 0 Å². The molecule has 3 aromatic carbocycles. The largest absolute Gasteiger partial charge is 0.488 e. The summed E-state index contributed by atoms with van der Waals surface area (Å²) in [5.74, 6) is 0.835. The second kappa shape index (κ2) is 7.02. The average Bonchev–Trinajstić information content (AvgIpc) is 2.99. The SMILES string of the molecule is Brc1[nH]nc(-c2ccc3ccccc3c2OCc2ccccc2)c1Br. The van der Waals surface area contributed by atoms with Gasteiger partial charge < -0.3 is 4.74 Å². The van der Waals surface area contributed by atoms with Gasteiger partial charge in [0, 0.05) is 10.9 Å². The number of nitrogens with one attached hydrogen (secondary N) is 1. The van der Waals surface area contributed by atoms with Crippen LogP contribution in [0.15, 0.2) is 75.8 Å². The highest BCUT2D eigenvalue weighted by Crippen LogP contribution is 2.41. The van der Waals surface area contributed by atoms with E-state index in [4.69, 9.17) is 4.74 Å². The van der Waals surface area contributed by atoms with Crippen LogP contribution in [-0.4, -0.2) is 10.2 Å². The monoisotopic (exact) mass is 456 g/mol. The van der Waals surface area contributed by atoms with Crippen LogP contribution in [0.5, 0.6) is 5.75 Å².